The van der Waals surface area contributed by atoms with Gasteiger partial charge in [0.25, 0.3) is 0 Å². The van der Waals surface area contributed by atoms with Crippen LogP contribution in [0.15, 0.2) is 52.7 Å². The SMILES string of the molecule is C[C@H](NS(=O)(=O)c1ccccc1)[C@@H](c1cccs1)[NH+]1CCOCC1. The fraction of sp³-hybridized carbons (Fsp3) is 0.412. The second kappa shape index (κ2) is 7.76. The predicted molar refractivity (Wildman–Crippen MR) is 94.8 cm³/mol. The van der Waals surface area contributed by atoms with Crippen molar-refractivity contribution in [1.29, 1.82) is 0 Å². The number of benzene rings is 1. The van der Waals surface area contributed by atoms with Crippen LogP contribution in [0.25, 0.3) is 0 Å². The van der Waals surface area contributed by atoms with Crippen molar-refractivity contribution >= 4 is 21.4 Å². The fourth-order valence-corrected chi connectivity index (χ4v) is 5.46. The molecule has 1 saturated heterocycles. The molecule has 2 heterocycles. The number of hydrogen-bond acceptors (Lipinski definition) is 4. The van der Waals surface area contributed by atoms with Crippen molar-refractivity contribution in [2.45, 2.75) is 23.9 Å². The van der Waals surface area contributed by atoms with Gasteiger partial charge in [-0.05, 0) is 30.5 Å². The fourth-order valence-electron chi connectivity index (χ4n) is 3.19. The lowest BCUT2D eigenvalue weighted by Gasteiger charge is -2.34. The number of thiophene rings is 1. The maximum absolute atomic E-state index is 12.7. The third kappa shape index (κ3) is 4.04. The summed E-state index contributed by atoms with van der Waals surface area (Å²) in [5, 5.41) is 2.04. The van der Waals surface area contributed by atoms with E-state index >= 15 is 0 Å². The van der Waals surface area contributed by atoms with Crippen LogP contribution in [-0.2, 0) is 14.8 Å². The van der Waals surface area contributed by atoms with E-state index in [0.717, 1.165) is 26.3 Å². The summed E-state index contributed by atoms with van der Waals surface area (Å²) in [6, 6.07) is 12.5. The zero-order valence-corrected chi connectivity index (χ0v) is 15.3. The maximum atomic E-state index is 12.7. The van der Waals surface area contributed by atoms with Gasteiger partial charge in [-0.2, -0.15) is 0 Å². The molecule has 2 N–H and O–H groups in total. The highest BCUT2D eigenvalue weighted by atomic mass is 32.2. The molecule has 2 atom stereocenters. The van der Waals surface area contributed by atoms with Crippen LogP contribution in [0.5, 0.6) is 0 Å². The number of hydrogen-bond donors (Lipinski definition) is 2. The monoisotopic (exact) mass is 367 g/mol. The van der Waals surface area contributed by atoms with E-state index in [1.807, 2.05) is 24.4 Å². The topological polar surface area (TPSA) is 59.8 Å². The molecule has 0 radical (unpaired) electrons. The van der Waals surface area contributed by atoms with E-state index in [4.69, 9.17) is 4.74 Å². The molecular weight excluding hydrogens is 344 g/mol. The van der Waals surface area contributed by atoms with E-state index in [0.29, 0.717) is 4.90 Å². The molecule has 3 rings (SSSR count). The molecule has 5 nitrogen and oxygen atoms in total. The van der Waals surface area contributed by atoms with Gasteiger partial charge in [-0.25, -0.2) is 13.1 Å². The number of ether oxygens (including phenoxy) is 1. The summed E-state index contributed by atoms with van der Waals surface area (Å²) in [6.07, 6.45) is 0. The third-order valence-corrected chi connectivity index (χ3v) is 6.85. The van der Waals surface area contributed by atoms with E-state index in [-0.39, 0.29) is 12.1 Å². The summed E-state index contributed by atoms with van der Waals surface area (Å²) in [6.45, 7) is 5.16. The summed E-state index contributed by atoms with van der Waals surface area (Å²) >= 11 is 1.68. The van der Waals surface area contributed by atoms with Gasteiger partial charge >= 0.3 is 0 Å². The maximum Gasteiger partial charge on any atom is 0.241 e. The van der Waals surface area contributed by atoms with Gasteiger partial charge in [-0.3, -0.25) is 0 Å². The smallest absolute Gasteiger partial charge is 0.241 e. The van der Waals surface area contributed by atoms with E-state index in [1.54, 1.807) is 35.6 Å². The Balaban J connectivity index is 1.82. The first-order chi connectivity index (χ1) is 11.6. The first-order valence-electron chi connectivity index (χ1n) is 8.11. The zero-order chi connectivity index (χ0) is 17.0. The Bertz CT molecular complexity index is 726. The number of quaternary nitrogens is 1. The number of rotatable bonds is 6. The Morgan fingerprint density at radius 2 is 1.83 bits per heavy atom. The van der Waals surface area contributed by atoms with Crippen molar-refractivity contribution in [3.63, 3.8) is 0 Å². The van der Waals surface area contributed by atoms with E-state index in [2.05, 4.69) is 10.8 Å². The summed E-state index contributed by atoms with van der Waals surface area (Å²) in [7, 11) is -3.52. The summed E-state index contributed by atoms with van der Waals surface area (Å²) < 4.78 is 33.7. The van der Waals surface area contributed by atoms with Crippen LogP contribution in [0.1, 0.15) is 17.8 Å². The Labute approximate surface area is 147 Å². The lowest BCUT2D eigenvalue weighted by Crippen LogP contribution is -3.15. The molecule has 0 amide bonds. The minimum atomic E-state index is -3.52. The van der Waals surface area contributed by atoms with Crippen LogP contribution in [0, 0.1) is 0 Å². The summed E-state index contributed by atoms with van der Waals surface area (Å²) in [5.41, 5.74) is 0. The Morgan fingerprint density at radius 1 is 1.12 bits per heavy atom. The van der Waals surface area contributed by atoms with E-state index in [1.165, 1.54) is 9.78 Å². The molecule has 1 aliphatic heterocycles. The number of nitrogens with one attached hydrogen (secondary N) is 2. The molecule has 130 valence electrons. The molecule has 1 aliphatic rings. The van der Waals surface area contributed by atoms with Gasteiger partial charge in [0.2, 0.25) is 10.0 Å². The quantitative estimate of drug-likeness (QED) is 0.803. The Kier molecular flexibility index (Phi) is 5.68. The van der Waals surface area contributed by atoms with Gasteiger partial charge in [0.05, 0.1) is 29.0 Å². The summed E-state index contributed by atoms with van der Waals surface area (Å²) in [5.74, 6) is 0. The van der Waals surface area contributed by atoms with Crippen molar-refractivity contribution in [2.24, 2.45) is 0 Å². The molecule has 7 heteroatoms. The van der Waals surface area contributed by atoms with Crippen molar-refractivity contribution in [3.8, 4) is 0 Å². The average Bonchev–Trinajstić information content (AvgIpc) is 3.10. The van der Waals surface area contributed by atoms with Crippen LogP contribution < -0.4 is 9.62 Å². The van der Waals surface area contributed by atoms with E-state index < -0.39 is 10.0 Å². The second-order valence-electron chi connectivity index (χ2n) is 5.99. The van der Waals surface area contributed by atoms with Crippen LogP contribution in [0.3, 0.4) is 0 Å². The first kappa shape index (κ1) is 17.6. The van der Waals surface area contributed by atoms with Gasteiger partial charge in [-0.15, -0.1) is 11.3 Å². The largest absolute Gasteiger partial charge is 0.370 e. The molecule has 1 aromatic carbocycles. The molecule has 0 unspecified atom stereocenters. The standard InChI is InChI=1S/C17H22N2O3S2/c1-14(18-24(20,21)15-6-3-2-4-7-15)17(16-8-5-13-23-16)19-9-11-22-12-10-19/h2-8,13-14,17-18H,9-12H2,1H3/p+1/t14-,17-/m0/s1. The number of sulfonamides is 1. The van der Waals surface area contributed by atoms with Gasteiger partial charge < -0.3 is 9.64 Å². The molecule has 2 aromatic rings. The van der Waals surface area contributed by atoms with Gasteiger partial charge in [0.1, 0.15) is 19.1 Å². The second-order valence-corrected chi connectivity index (χ2v) is 8.68. The molecule has 0 spiro atoms. The van der Waals surface area contributed by atoms with Crippen molar-refractivity contribution in [2.75, 3.05) is 26.3 Å². The lowest BCUT2D eigenvalue weighted by molar-refractivity contribution is -0.939. The third-order valence-electron chi connectivity index (χ3n) is 4.32. The predicted octanol–water partition coefficient (Wildman–Crippen LogP) is 1.07. The molecule has 1 aromatic heterocycles. The highest BCUT2D eigenvalue weighted by Crippen LogP contribution is 2.21. The van der Waals surface area contributed by atoms with Gasteiger partial charge in [0, 0.05) is 0 Å². The van der Waals surface area contributed by atoms with Crippen molar-refractivity contribution in [3.05, 3.63) is 52.7 Å². The molecular formula is C17H23N2O3S2+. The lowest BCUT2D eigenvalue weighted by atomic mass is 10.1. The number of morpholine rings is 1. The van der Waals surface area contributed by atoms with Crippen LogP contribution in [-0.4, -0.2) is 40.8 Å². The Morgan fingerprint density at radius 3 is 2.46 bits per heavy atom. The summed E-state index contributed by atoms with van der Waals surface area (Å²) in [4.78, 5) is 2.88. The van der Waals surface area contributed by atoms with Crippen molar-refractivity contribution in [1.82, 2.24) is 4.72 Å². The minimum Gasteiger partial charge on any atom is -0.370 e. The van der Waals surface area contributed by atoms with Gasteiger partial charge in [-0.1, -0.05) is 24.3 Å². The van der Waals surface area contributed by atoms with Crippen molar-refractivity contribution < 1.29 is 18.1 Å². The zero-order valence-electron chi connectivity index (χ0n) is 13.6. The average molecular weight is 368 g/mol. The van der Waals surface area contributed by atoms with Crippen LogP contribution >= 0.6 is 11.3 Å². The molecule has 0 aliphatic carbocycles. The van der Waals surface area contributed by atoms with Gasteiger partial charge in [0.15, 0.2) is 0 Å². The minimum absolute atomic E-state index is 0.0902. The highest BCUT2D eigenvalue weighted by Gasteiger charge is 2.34. The Hall–Kier alpha value is -1.25. The van der Waals surface area contributed by atoms with E-state index in [9.17, 15) is 8.42 Å². The molecule has 1 fully saturated rings. The first-order valence-corrected chi connectivity index (χ1v) is 10.5. The molecule has 0 bridgehead atoms. The van der Waals surface area contributed by atoms with Crippen LogP contribution in [0.2, 0.25) is 0 Å². The van der Waals surface area contributed by atoms with Crippen LogP contribution in [0.4, 0.5) is 0 Å². The highest BCUT2D eigenvalue weighted by molar-refractivity contribution is 7.89. The normalized spacial score (nSPS) is 19.0. The molecule has 24 heavy (non-hydrogen) atoms. The molecule has 0 saturated carbocycles.